The Morgan fingerprint density at radius 3 is 2.31 bits per heavy atom. The number of amides is 4. The van der Waals surface area contributed by atoms with Crippen LogP contribution < -0.4 is 16.0 Å². The molecule has 0 bridgehead atoms. The van der Waals surface area contributed by atoms with Gasteiger partial charge in [-0.3, -0.25) is 9.59 Å². The third kappa shape index (κ3) is 4.85. The maximum Gasteiger partial charge on any atom is 0.319 e. The normalized spacial score (nSPS) is 13.0. The molecule has 1 fully saturated rings. The lowest BCUT2D eigenvalue weighted by Gasteiger charge is -2.15. The average Bonchev–Trinajstić information content (AvgIpc) is 3.24. The van der Waals surface area contributed by atoms with Crippen LogP contribution in [0.15, 0.2) is 47.1 Å². The molecular formula is C18H20N4O4. The fourth-order valence-corrected chi connectivity index (χ4v) is 2.29. The molecule has 0 spiro atoms. The first-order chi connectivity index (χ1) is 12.5. The van der Waals surface area contributed by atoms with Crippen LogP contribution in [-0.4, -0.2) is 42.4 Å². The number of carbonyl (C=O) groups is 3. The van der Waals surface area contributed by atoms with E-state index in [1.807, 2.05) is 0 Å². The van der Waals surface area contributed by atoms with Crippen molar-refractivity contribution in [2.45, 2.75) is 18.9 Å². The summed E-state index contributed by atoms with van der Waals surface area (Å²) in [6, 6.07) is 9.96. The molecule has 1 aromatic carbocycles. The molecule has 8 heteroatoms. The van der Waals surface area contributed by atoms with E-state index in [9.17, 15) is 14.4 Å². The number of benzene rings is 1. The van der Waals surface area contributed by atoms with E-state index in [0.29, 0.717) is 11.4 Å². The Kier molecular flexibility index (Phi) is 5.21. The van der Waals surface area contributed by atoms with Crippen LogP contribution >= 0.6 is 0 Å². The maximum absolute atomic E-state index is 12.1. The summed E-state index contributed by atoms with van der Waals surface area (Å²) in [6.45, 7) is -0.108. The molecule has 0 aliphatic heterocycles. The monoisotopic (exact) mass is 356 g/mol. The van der Waals surface area contributed by atoms with Gasteiger partial charge in [-0.15, -0.1) is 0 Å². The van der Waals surface area contributed by atoms with Crippen LogP contribution in [0.4, 0.5) is 16.2 Å². The standard InChI is InChI=1S/C18H20N4O4/c1-22(17(24)15-3-2-10-26-15)11-16(23)19-12-4-6-13(7-5-12)20-18(25)21-14-8-9-14/h2-7,10,14H,8-9,11H2,1H3,(H,19,23)(H2,20,21,25). The average molecular weight is 356 g/mol. The van der Waals surface area contributed by atoms with E-state index in [1.54, 1.807) is 36.4 Å². The fraction of sp³-hybridized carbons (Fsp3) is 0.278. The van der Waals surface area contributed by atoms with Gasteiger partial charge in [0.05, 0.1) is 12.8 Å². The van der Waals surface area contributed by atoms with Gasteiger partial charge < -0.3 is 25.3 Å². The van der Waals surface area contributed by atoms with Crippen LogP contribution in [0.1, 0.15) is 23.4 Å². The Balaban J connectivity index is 1.47. The third-order valence-electron chi connectivity index (χ3n) is 3.80. The molecule has 8 nitrogen and oxygen atoms in total. The quantitative estimate of drug-likeness (QED) is 0.738. The minimum atomic E-state index is -0.369. The number of urea groups is 1. The molecule has 0 unspecified atom stereocenters. The molecule has 1 aromatic heterocycles. The van der Waals surface area contributed by atoms with E-state index in [2.05, 4.69) is 16.0 Å². The van der Waals surface area contributed by atoms with E-state index >= 15 is 0 Å². The van der Waals surface area contributed by atoms with Crippen LogP contribution in [0, 0.1) is 0 Å². The van der Waals surface area contributed by atoms with Gasteiger partial charge in [-0.2, -0.15) is 0 Å². The summed E-state index contributed by atoms with van der Waals surface area (Å²) >= 11 is 0. The lowest BCUT2D eigenvalue weighted by Crippen LogP contribution is -2.34. The second-order valence-electron chi connectivity index (χ2n) is 6.14. The first kappa shape index (κ1) is 17.5. The summed E-state index contributed by atoms with van der Waals surface area (Å²) in [7, 11) is 1.52. The second kappa shape index (κ2) is 7.73. The molecule has 1 aliphatic rings. The molecular weight excluding hydrogens is 336 g/mol. The van der Waals surface area contributed by atoms with Crippen LogP contribution in [0.2, 0.25) is 0 Å². The number of hydrogen-bond donors (Lipinski definition) is 3. The summed E-state index contributed by atoms with van der Waals surface area (Å²) < 4.78 is 5.03. The Labute approximate surface area is 150 Å². The van der Waals surface area contributed by atoms with Gasteiger partial charge in [-0.05, 0) is 49.2 Å². The largest absolute Gasteiger partial charge is 0.459 e. The molecule has 0 saturated heterocycles. The number of furan rings is 1. The van der Waals surface area contributed by atoms with E-state index in [0.717, 1.165) is 12.8 Å². The highest BCUT2D eigenvalue weighted by atomic mass is 16.3. The third-order valence-corrected chi connectivity index (χ3v) is 3.80. The lowest BCUT2D eigenvalue weighted by atomic mass is 10.2. The van der Waals surface area contributed by atoms with E-state index < -0.39 is 0 Å². The zero-order valence-corrected chi connectivity index (χ0v) is 14.3. The molecule has 2 aromatic rings. The van der Waals surface area contributed by atoms with Crippen molar-refractivity contribution < 1.29 is 18.8 Å². The van der Waals surface area contributed by atoms with Crippen LogP contribution in [0.25, 0.3) is 0 Å². The highest BCUT2D eigenvalue weighted by Crippen LogP contribution is 2.19. The molecule has 136 valence electrons. The van der Waals surface area contributed by atoms with Crippen molar-refractivity contribution in [2.24, 2.45) is 0 Å². The Morgan fingerprint density at radius 1 is 1.08 bits per heavy atom. The fourth-order valence-electron chi connectivity index (χ4n) is 2.29. The van der Waals surface area contributed by atoms with Gasteiger partial charge in [0.15, 0.2) is 5.76 Å². The molecule has 1 aliphatic carbocycles. The van der Waals surface area contributed by atoms with Crippen molar-refractivity contribution in [3.63, 3.8) is 0 Å². The highest BCUT2D eigenvalue weighted by Gasteiger charge is 2.23. The zero-order chi connectivity index (χ0) is 18.5. The van der Waals surface area contributed by atoms with Gasteiger partial charge in [-0.25, -0.2) is 4.79 Å². The van der Waals surface area contributed by atoms with Crippen molar-refractivity contribution in [1.82, 2.24) is 10.2 Å². The second-order valence-corrected chi connectivity index (χ2v) is 6.14. The van der Waals surface area contributed by atoms with E-state index in [4.69, 9.17) is 4.42 Å². The smallest absolute Gasteiger partial charge is 0.319 e. The summed E-state index contributed by atoms with van der Waals surface area (Å²) in [6.07, 6.45) is 3.45. The molecule has 4 amide bonds. The van der Waals surface area contributed by atoms with Crippen molar-refractivity contribution >= 4 is 29.2 Å². The molecule has 0 atom stereocenters. The number of hydrogen-bond acceptors (Lipinski definition) is 4. The molecule has 3 N–H and O–H groups in total. The summed E-state index contributed by atoms with van der Waals surface area (Å²) in [5.41, 5.74) is 1.20. The lowest BCUT2D eigenvalue weighted by molar-refractivity contribution is -0.116. The van der Waals surface area contributed by atoms with Crippen LogP contribution in [-0.2, 0) is 4.79 Å². The number of anilines is 2. The first-order valence-corrected chi connectivity index (χ1v) is 8.27. The number of nitrogens with zero attached hydrogens (tertiary/aromatic N) is 1. The number of nitrogens with one attached hydrogen (secondary N) is 3. The minimum absolute atomic E-state index is 0.108. The predicted molar refractivity (Wildman–Crippen MR) is 95.9 cm³/mol. The summed E-state index contributed by atoms with van der Waals surface area (Å²) in [4.78, 5) is 37.0. The van der Waals surface area contributed by atoms with Crippen LogP contribution in [0.5, 0.6) is 0 Å². The van der Waals surface area contributed by atoms with Crippen molar-refractivity contribution in [1.29, 1.82) is 0 Å². The minimum Gasteiger partial charge on any atom is -0.459 e. The molecule has 1 saturated carbocycles. The van der Waals surface area contributed by atoms with Gasteiger partial charge in [0.1, 0.15) is 0 Å². The van der Waals surface area contributed by atoms with Crippen molar-refractivity contribution in [2.75, 3.05) is 24.2 Å². The predicted octanol–water partition coefficient (Wildman–Crippen LogP) is 2.27. The molecule has 3 rings (SSSR count). The SMILES string of the molecule is CN(CC(=O)Nc1ccc(NC(=O)NC2CC2)cc1)C(=O)c1ccco1. The summed E-state index contributed by atoms with van der Waals surface area (Å²) in [5, 5.41) is 8.26. The van der Waals surface area contributed by atoms with Gasteiger partial charge in [0.25, 0.3) is 5.91 Å². The maximum atomic E-state index is 12.1. The first-order valence-electron chi connectivity index (χ1n) is 8.27. The van der Waals surface area contributed by atoms with E-state index in [-0.39, 0.29) is 36.2 Å². The topological polar surface area (TPSA) is 104 Å². The number of carbonyl (C=O) groups excluding carboxylic acids is 3. The summed E-state index contributed by atoms with van der Waals surface area (Å²) in [5.74, 6) is -0.522. The van der Waals surface area contributed by atoms with Crippen molar-refractivity contribution in [3.8, 4) is 0 Å². The molecule has 0 radical (unpaired) electrons. The Bertz CT molecular complexity index is 782. The molecule has 26 heavy (non-hydrogen) atoms. The Morgan fingerprint density at radius 2 is 1.73 bits per heavy atom. The van der Waals surface area contributed by atoms with Gasteiger partial charge >= 0.3 is 6.03 Å². The number of rotatable bonds is 6. The van der Waals surface area contributed by atoms with Crippen molar-refractivity contribution in [3.05, 3.63) is 48.4 Å². The van der Waals surface area contributed by atoms with Crippen LogP contribution in [0.3, 0.4) is 0 Å². The highest BCUT2D eigenvalue weighted by molar-refractivity contribution is 5.98. The van der Waals surface area contributed by atoms with E-state index in [1.165, 1.54) is 18.2 Å². The van der Waals surface area contributed by atoms with Gasteiger partial charge in [-0.1, -0.05) is 0 Å². The number of likely N-dealkylation sites (N-methyl/N-ethyl adjacent to an activating group) is 1. The zero-order valence-electron chi connectivity index (χ0n) is 14.3. The van der Waals surface area contributed by atoms with Gasteiger partial charge in [0, 0.05) is 24.5 Å². The van der Waals surface area contributed by atoms with Gasteiger partial charge in [0.2, 0.25) is 5.91 Å². The Hall–Kier alpha value is -3.29. The molecule has 1 heterocycles.